The number of amides is 1. The van der Waals surface area contributed by atoms with Crippen LogP contribution in [0.1, 0.15) is 48.8 Å². The minimum absolute atomic E-state index is 0.00379. The number of carbonyl (C=O) groups is 1. The van der Waals surface area contributed by atoms with Crippen molar-refractivity contribution in [1.82, 2.24) is 9.97 Å². The maximum absolute atomic E-state index is 12.0. The Morgan fingerprint density at radius 1 is 1.23 bits per heavy atom. The number of hydrogen-bond acceptors (Lipinski definition) is 8. The first-order valence-corrected chi connectivity index (χ1v) is 12.3. The average Bonchev–Trinajstić information content (AvgIpc) is 2.68. The Morgan fingerprint density at radius 3 is 2.45 bits per heavy atom. The van der Waals surface area contributed by atoms with Gasteiger partial charge in [-0.25, -0.2) is 18.4 Å². The number of sulfone groups is 1. The van der Waals surface area contributed by atoms with E-state index in [0.29, 0.717) is 36.5 Å². The molecule has 0 unspecified atom stereocenters. The van der Waals surface area contributed by atoms with Gasteiger partial charge in [-0.1, -0.05) is 18.5 Å². The number of aromatic nitrogens is 2. The maximum Gasteiger partial charge on any atom is 0.271 e. The van der Waals surface area contributed by atoms with Gasteiger partial charge in [-0.05, 0) is 50.3 Å². The number of carbonyl (C=O) groups excluding carboxylic acids is 1. The molecule has 0 atom stereocenters. The van der Waals surface area contributed by atoms with Gasteiger partial charge in [0.2, 0.25) is 0 Å². The summed E-state index contributed by atoms with van der Waals surface area (Å²) in [4.78, 5) is 21.0. The zero-order valence-electron chi connectivity index (χ0n) is 17.4. The van der Waals surface area contributed by atoms with E-state index in [9.17, 15) is 18.3 Å². The highest BCUT2D eigenvalue weighted by molar-refractivity contribution is 7.90. The van der Waals surface area contributed by atoms with Crippen LogP contribution in [-0.2, 0) is 16.3 Å². The van der Waals surface area contributed by atoms with Gasteiger partial charge in [0.25, 0.3) is 5.91 Å². The fourth-order valence-electron chi connectivity index (χ4n) is 3.52. The largest absolute Gasteiger partial charge is 0.393 e. The number of aliphatic hydroxyl groups is 1. The van der Waals surface area contributed by atoms with Crippen molar-refractivity contribution in [2.24, 2.45) is 5.73 Å². The number of aliphatic hydroxyl groups excluding tert-OH is 1. The van der Waals surface area contributed by atoms with Crippen molar-refractivity contribution in [2.75, 3.05) is 16.9 Å². The van der Waals surface area contributed by atoms with Crippen molar-refractivity contribution >= 4 is 44.7 Å². The molecule has 9 nitrogen and oxygen atoms in total. The number of nitrogens with two attached hydrogens (primary N) is 1. The summed E-state index contributed by atoms with van der Waals surface area (Å²) in [5, 5.41) is 16.1. The van der Waals surface area contributed by atoms with Crippen molar-refractivity contribution < 1.29 is 18.3 Å². The molecule has 3 rings (SSSR count). The van der Waals surface area contributed by atoms with Crippen LogP contribution in [0.5, 0.6) is 0 Å². The molecule has 2 aromatic rings. The zero-order valence-corrected chi connectivity index (χ0v) is 18.9. The lowest BCUT2D eigenvalue weighted by Crippen LogP contribution is -2.29. The van der Waals surface area contributed by atoms with Gasteiger partial charge in [-0.2, -0.15) is 0 Å². The third-order valence-electron chi connectivity index (χ3n) is 5.17. The SMILES string of the molecule is CCc1nc(C(N)=O)c(Nc2ccc(S(C)(=O)=O)c(Cl)c2)nc1N[C@H]1CC[C@H](O)CC1. The van der Waals surface area contributed by atoms with Gasteiger partial charge >= 0.3 is 0 Å². The summed E-state index contributed by atoms with van der Waals surface area (Å²) in [7, 11) is -3.47. The topological polar surface area (TPSA) is 147 Å². The summed E-state index contributed by atoms with van der Waals surface area (Å²) < 4.78 is 23.6. The van der Waals surface area contributed by atoms with E-state index in [-0.39, 0.29) is 33.6 Å². The van der Waals surface area contributed by atoms with E-state index in [0.717, 1.165) is 19.1 Å². The monoisotopic (exact) mass is 467 g/mol. The summed E-state index contributed by atoms with van der Waals surface area (Å²) in [5.41, 5.74) is 6.54. The van der Waals surface area contributed by atoms with E-state index in [4.69, 9.17) is 17.3 Å². The van der Waals surface area contributed by atoms with Crippen molar-refractivity contribution in [3.63, 3.8) is 0 Å². The fraction of sp³-hybridized carbons (Fsp3) is 0.450. The highest BCUT2D eigenvalue weighted by Crippen LogP contribution is 2.29. The molecule has 1 amide bonds. The van der Waals surface area contributed by atoms with E-state index < -0.39 is 15.7 Å². The van der Waals surface area contributed by atoms with Crippen molar-refractivity contribution in [2.45, 2.75) is 56.1 Å². The molecule has 1 aromatic heterocycles. The number of nitrogens with zero attached hydrogens (tertiary/aromatic N) is 2. The fourth-order valence-corrected chi connectivity index (χ4v) is 4.85. The molecule has 1 aromatic carbocycles. The van der Waals surface area contributed by atoms with Gasteiger partial charge in [0.15, 0.2) is 21.3 Å². The van der Waals surface area contributed by atoms with Gasteiger partial charge in [0, 0.05) is 18.0 Å². The second-order valence-electron chi connectivity index (χ2n) is 7.63. The Morgan fingerprint density at radius 2 is 1.90 bits per heavy atom. The third kappa shape index (κ3) is 5.63. The average molecular weight is 468 g/mol. The molecule has 11 heteroatoms. The first-order valence-electron chi connectivity index (χ1n) is 10.0. The smallest absolute Gasteiger partial charge is 0.271 e. The van der Waals surface area contributed by atoms with Gasteiger partial charge in [0.05, 0.1) is 21.7 Å². The number of hydrogen-bond donors (Lipinski definition) is 4. The molecule has 5 N–H and O–H groups in total. The normalized spacial score (nSPS) is 19.1. The predicted octanol–water partition coefficient (Wildman–Crippen LogP) is 2.65. The van der Waals surface area contributed by atoms with Gasteiger partial charge in [-0.3, -0.25) is 4.79 Å². The molecule has 1 aliphatic rings. The van der Waals surface area contributed by atoms with Gasteiger partial charge in [-0.15, -0.1) is 0 Å². The molecule has 0 aliphatic heterocycles. The number of benzene rings is 1. The lowest BCUT2D eigenvalue weighted by molar-refractivity contribution is 0.0996. The van der Waals surface area contributed by atoms with E-state index in [1.165, 1.54) is 18.2 Å². The van der Waals surface area contributed by atoms with Crippen LogP contribution in [0.3, 0.4) is 0 Å². The summed E-state index contributed by atoms with van der Waals surface area (Å²) in [6.45, 7) is 1.90. The van der Waals surface area contributed by atoms with E-state index in [2.05, 4.69) is 20.6 Å². The Bertz CT molecular complexity index is 1090. The lowest BCUT2D eigenvalue weighted by Gasteiger charge is -2.27. The minimum atomic E-state index is -3.47. The van der Waals surface area contributed by atoms with Crippen molar-refractivity contribution in [3.05, 3.63) is 34.6 Å². The van der Waals surface area contributed by atoms with E-state index in [1.807, 2.05) is 6.92 Å². The molecule has 1 fully saturated rings. The Hall–Kier alpha value is -2.43. The summed E-state index contributed by atoms with van der Waals surface area (Å²) in [6.07, 6.45) is 4.36. The van der Waals surface area contributed by atoms with E-state index >= 15 is 0 Å². The quantitative estimate of drug-likeness (QED) is 0.485. The predicted molar refractivity (Wildman–Crippen MR) is 120 cm³/mol. The highest BCUT2D eigenvalue weighted by Gasteiger charge is 2.23. The van der Waals surface area contributed by atoms with Crippen LogP contribution in [0.2, 0.25) is 5.02 Å². The van der Waals surface area contributed by atoms with Crippen LogP contribution in [0, 0.1) is 0 Å². The molecular weight excluding hydrogens is 442 g/mol. The molecule has 168 valence electrons. The molecule has 0 spiro atoms. The van der Waals surface area contributed by atoms with Crippen LogP contribution >= 0.6 is 11.6 Å². The van der Waals surface area contributed by atoms with Crippen molar-refractivity contribution in [1.29, 1.82) is 0 Å². The summed E-state index contributed by atoms with van der Waals surface area (Å²) in [6, 6.07) is 4.48. The summed E-state index contributed by atoms with van der Waals surface area (Å²) in [5.74, 6) is -0.0580. The number of aryl methyl sites for hydroxylation is 1. The van der Waals surface area contributed by atoms with Gasteiger partial charge < -0.3 is 21.5 Å². The Labute approximate surface area is 186 Å². The summed E-state index contributed by atoms with van der Waals surface area (Å²) >= 11 is 6.12. The Balaban J connectivity index is 1.94. The molecule has 1 aliphatic carbocycles. The third-order valence-corrected chi connectivity index (χ3v) is 6.75. The first-order chi connectivity index (χ1) is 14.6. The number of anilines is 3. The first kappa shape index (κ1) is 23.2. The molecule has 0 bridgehead atoms. The lowest BCUT2D eigenvalue weighted by atomic mass is 9.93. The zero-order chi connectivity index (χ0) is 22.8. The second kappa shape index (κ2) is 9.37. The van der Waals surface area contributed by atoms with Crippen LogP contribution in [-0.4, -0.2) is 47.8 Å². The van der Waals surface area contributed by atoms with Crippen molar-refractivity contribution in [3.8, 4) is 0 Å². The molecule has 1 saturated carbocycles. The molecule has 1 heterocycles. The maximum atomic E-state index is 12.0. The standard InChI is InChI=1S/C20H26ClN5O4S/c1-3-15-19(23-11-4-7-13(27)8-5-11)26-20(17(25-15)18(22)28)24-12-6-9-16(14(21)10-12)31(2,29)30/h6,9-11,13,27H,3-5,7-8H2,1-2H3,(H2,22,28)(H2,23,24,26)/t11-,13-. The van der Waals surface area contributed by atoms with E-state index in [1.54, 1.807) is 0 Å². The second-order valence-corrected chi connectivity index (χ2v) is 10.0. The minimum Gasteiger partial charge on any atom is -0.393 e. The van der Waals surface area contributed by atoms with Gasteiger partial charge in [0.1, 0.15) is 5.82 Å². The molecular formula is C20H26ClN5O4S. The highest BCUT2D eigenvalue weighted by atomic mass is 35.5. The van der Waals surface area contributed by atoms with Crippen LogP contribution < -0.4 is 16.4 Å². The van der Waals surface area contributed by atoms with Crippen LogP contribution in [0.4, 0.5) is 17.3 Å². The number of rotatable bonds is 7. The number of nitrogens with one attached hydrogen (secondary N) is 2. The molecule has 0 saturated heterocycles. The molecule has 31 heavy (non-hydrogen) atoms. The number of halogens is 1. The van der Waals surface area contributed by atoms with Crippen LogP contribution in [0.15, 0.2) is 23.1 Å². The van der Waals surface area contributed by atoms with Crippen LogP contribution in [0.25, 0.3) is 0 Å². The number of primary amides is 1. The molecule has 0 radical (unpaired) electrons. The Kier molecular flexibility index (Phi) is 7.03.